The molecule has 28 heavy (non-hydrogen) atoms. The van der Waals surface area contributed by atoms with E-state index in [0.29, 0.717) is 5.75 Å². The van der Waals surface area contributed by atoms with Gasteiger partial charge in [0, 0.05) is 11.0 Å². The lowest BCUT2D eigenvalue weighted by atomic mass is 10.2. The van der Waals surface area contributed by atoms with Gasteiger partial charge in [-0.2, -0.15) is 14.4 Å². The minimum absolute atomic E-state index is 0.0403. The van der Waals surface area contributed by atoms with Gasteiger partial charge in [0.25, 0.3) is 0 Å². The highest BCUT2D eigenvalue weighted by Crippen LogP contribution is 2.35. The maximum atomic E-state index is 14.4. The van der Waals surface area contributed by atoms with E-state index >= 15 is 0 Å². The number of aromatic nitrogens is 4. The van der Waals surface area contributed by atoms with Gasteiger partial charge >= 0.3 is 14.3 Å². The van der Waals surface area contributed by atoms with E-state index in [2.05, 4.69) is 15.0 Å². The number of anilines is 1. The molecule has 0 aliphatic carbocycles. The molecule has 2 aromatic heterocycles. The van der Waals surface area contributed by atoms with Gasteiger partial charge in [0.1, 0.15) is 25.1 Å². The molecule has 4 rings (SSSR count). The average Bonchev–Trinajstić information content (AvgIpc) is 3.24. The molecule has 1 unspecified atom stereocenters. The van der Waals surface area contributed by atoms with E-state index in [1.54, 1.807) is 30.3 Å². The van der Waals surface area contributed by atoms with Crippen LogP contribution in [0.15, 0.2) is 36.7 Å². The van der Waals surface area contributed by atoms with Gasteiger partial charge in [-0.25, -0.2) is 13.9 Å². The zero-order valence-corrected chi connectivity index (χ0v) is 15.2. The average molecular weight is 410 g/mol. The number of nitrogens with zero attached hydrogens (tertiary/aromatic N) is 4. The molecule has 0 bridgehead atoms. The van der Waals surface area contributed by atoms with Crippen LogP contribution >= 0.6 is 8.25 Å². The summed E-state index contributed by atoms with van der Waals surface area (Å²) in [6, 6.07) is 8.46. The van der Waals surface area contributed by atoms with Gasteiger partial charge in [-0.3, -0.25) is 4.57 Å². The Labute approximate surface area is 158 Å². The Morgan fingerprint density at radius 1 is 1.32 bits per heavy atom. The highest BCUT2D eigenvalue weighted by molar-refractivity contribution is 7.33. The molecule has 0 amide bonds. The lowest BCUT2D eigenvalue weighted by Gasteiger charge is -2.13. The van der Waals surface area contributed by atoms with Crippen molar-refractivity contribution in [2.45, 2.75) is 24.9 Å². The van der Waals surface area contributed by atoms with E-state index < -0.39 is 32.8 Å². The van der Waals surface area contributed by atoms with Gasteiger partial charge in [0.15, 0.2) is 22.7 Å². The van der Waals surface area contributed by atoms with Crippen molar-refractivity contribution in [2.75, 3.05) is 12.3 Å². The zero-order chi connectivity index (χ0) is 19.7. The van der Waals surface area contributed by atoms with Gasteiger partial charge in [0.05, 0.1) is 6.33 Å². The number of para-hydroxylation sites is 1. The molecule has 2 N–H and O–H groups in total. The van der Waals surface area contributed by atoms with Crippen molar-refractivity contribution >= 4 is 25.2 Å². The molecule has 1 saturated heterocycles. The first-order valence-corrected chi connectivity index (χ1v) is 9.39. The molecule has 0 radical (unpaired) electrons. The highest BCUT2D eigenvalue weighted by Gasteiger charge is 2.40. The smallest absolute Gasteiger partial charge is 0.382 e. The van der Waals surface area contributed by atoms with Crippen LogP contribution in [-0.4, -0.2) is 38.4 Å². The summed E-state index contributed by atoms with van der Waals surface area (Å²) in [7, 11) is -2.49. The van der Waals surface area contributed by atoms with Crippen molar-refractivity contribution in [3.63, 3.8) is 0 Å². The molecule has 1 aliphatic rings. The first-order chi connectivity index (χ1) is 13.5. The summed E-state index contributed by atoms with van der Waals surface area (Å²) in [5, 5.41) is 0. The normalized spacial score (nSPS) is 22.5. The van der Waals surface area contributed by atoms with Crippen LogP contribution in [0.1, 0.15) is 12.6 Å². The second-order valence-corrected chi connectivity index (χ2v) is 6.89. The standard InChI is InChI=1S/C16H15F2N5O4P/c17-10-6-12(23-8-20-13-14(19)21-16(18)22-15(13)23)26-11(10)7-25-28(24)27-9-4-2-1-3-5-9/h1-5,8,10-12H,6-7H2,(H2,19,21,22)/q+1/t10-,11+,12+/m0/s1. The van der Waals surface area contributed by atoms with Crippen LogP contribution in [0.2, 0.25) is 0 Å². The van der Waals surface area contributed by atoms with Crippen molar-refractivity contribution in [1.29, 1.82) is 0 Å². The fourth-order valence-corrected chi connectivity index (χ4v) is 3.47. The monoisotopic (exact) mass is 410 g/mol. The van der Waals surface area contributed by atoms with Gasteiger partial charge in [0.2, 0.25) is 0 Å². The van der Waals surface area contributed by atoms with E-state index in [9.17, 15) is 13.3 Å². The minimum Gasteiger partial charge on any atom is -0.382 e. The van der Waals surface area contributed by atoms with Crippen molar-refractivity contribution in [1.82, 2.24) is 19.5 Å². The van der Waals surface area contributed by atoms with Gasteiger partial charge in [-0.1, -0.05) is 18.2 Å². The van der Waals surface area contributed by atoms with Crippen LogP contribution in [0, 0.1) is 6.08 Å². The van der Waals surface area contributed by atoms with E-state index in [0.717, 1.165) is 0 Å². The maximum absolute atomic E-state index is 14.4. The molecule has 3 aromatic rings. The number of hydrogen-bond donors (Lipinski definition) is 1. The van der Waals surface area contributed by atoms with E-state index in [1.165, 1.54) is 10.9 Å². The van der Waals surface area contributed by atoms with Gasteiger partial charge < -0.3 is 10.5 Å². The number of nitrogens with two attached hydrogens (primary N) is 1. The van der Waals surface area contributed by atoms with Crippen LogP contribution in [0.3, 0.4) is 0 Å². The molecule has 1 fully saturated rings. The predicted octanol–water partition coefficient (Wildman–Crippen LogP) is 2.93. The molecular weight excluding hydrogens is 395 g/mol. The Hall–Kier alpha value is -2.75. The highest BCUT2D eigenvalue weighted by atomic mass is 31.1. The lowest BCUT2D eigenvalue weighted by Crippen LogP contribution is -2.22. The molecule has 0 saturated carbocycles. The summed E-state index contributed by atoms with van der Waals surface area (Å²) >= 11 is 0. The first-order valence-electron chi connectivity index (χ1n) is 8.29. The molecule has 1 aromatic carbocycles. The number of ether oxygens (including phenoxy) is 1. The summed E-state index contributed by atoms with van der Waals surface area (Å²) in [6.07, 6.45) is -2.90. The summed E-state index contributed by atoms with van der Waals surface area (Å²) in [5.41, 5.74) is 5.91. The fraction of sp³-hybridized carbons (Fsp3) is 0.312. The second kappa shape index (κ2) is 7.70. The Morgan fingerprint density at radius 2 is 2.11 bits per heavy atom. The molecule has 0 spiro atoms. The quantitative estimate of drug-likeness (QED) is 0.487. The Morgan fingerprint density at radius 3 is 2.89 bits per heavy atom. The largest absolute Gasteiger partial charge is 0.750 e. The number of rotatable bonds is 6. The number of halogens is 2. The van der Waals surface area contributed by atoms with E-state index in [4.69, 9.17) is 19.5 Å². The number of benzene rings is 1. The summed E-state index contributed by atoms with van der Waals surface area (Å²) < 4.78 is 56.9. The molecule has 4 atom stereocenters. The van der Waals surface area contributed by atoms with Crippen molar-refractivity contribution in [3.05, 3.63) is 42.7 Å². The van der Waals surface area contributed by atoms with Crippen LogP contribution in [0.25, 0.3) is 11.2 Å². The van der Waals surface area contributed by atoms with Gasteiger partial charge in [-0.05, 0) is 12.1 Å². The third kappa shape index (κ3) is 3.77. The molecule has 1 aliphatic heterocycles. The van der Waals surface area contributed by atoms with Crippen molar-refractivity contribution < 1.29 is 27.1 Å². The molecule has 9 nitrogen and oxygen atoms in total. The Bertz CT molecular complexity index is 1010. The Balaban J connectivity index is 1.40. The van der Waals surface area contributed by atoms with Crippen LogP contribution < -0.4 is 10.3 Å². The SMILES string of the molecule is Nc1nc(F)nc2c1ncn2[C@H]1C[C@H](F)[C@@H](CO[P+](=O)Oc2ccccc2)O1. The van der Waals surface area contributed by atoms with Crippen LogP contribution in [0.4, 0.5) is 14.6 Å². The summed E-state index contributed by atoms with van der Waals surface area (Å²) in [6.45, 7) is -0.280. The second-order valence-electron chi connectivity index (χ2n) is 6.01. The Kier molecular flexibility index (Phi) is 5.12. The zero-order valence-electron chi connectivity index (χ0n) is 14.3. The van der Waals surface area contributed by atoms with Crippen LogP contribution in [0.5, 0.6) is 5.75 Å². The third-order valence-corrected chi connectivity index (χ3v) is 4.88. The molecule has 3 heterocycles. The van der Waals surface area contributed by atoms with Crippen LogP contribution in [-0.2, 0) is 13.8 Å². The molecule has 12 heteroatoms. The lowest BCUT2D eigenvalue weighted by molar-refractivity contribution is -0.0274. The first kappa shape index (κ1) is 18.6. The van der Waals surface area contributed by atoms with Crippen molar-refractivity contribution in [3.8, 4) is 5.75 Å². The van der Waals surface area contributed by atoms with E-state index in [-0.39, 0.29) is 30.0 Å². The number of nitrogen functional groups attached to an aromatic ring is 1. The minimum atomic E-state index is -2.49. The molecular formula is C16H15F2N5O4P+. The fourth-order valence-electron chi connectivity index (χ4n) is 2.86. The maximum Gasteiger partial charge on any atom is 0.750 e. The van der Waals surface area contributed by atoms with Gasteiger partial charge in [-0.15, -0.1) is 4.52 Å². The number of imidazole rings is 1. The predicted molar refractivity (Wildman–Crippen MR) is 93.7 cm³/mol. The van der Waals surface area contributed by atoms with E-state index in [1.807, 2.05) is 0 Å². The molecule has 146 valence electrons. The number of fused-ring (bicyclic) bond motifs is 1. The summed E-state index contributed by atoms with van der Waals surface area (Å²) in [4.78, 5) is 11.1. The third-order valence-electron chi connectivity index (χ3n) is 4.16. The number of hydrogen-bond acceptors (Lipinski definition) is 8. The van der Waals surface area contributed by atoms with Crippen molar-refractivity contribution in [2.24, 2.45) is 0 Å². The topological polar surface area (TPSA) is 114 Å². The summed E-state index contributed by atoms with van der Waals surface area (Å²) in [5.74, 6) is 0.251. The number of alkyl halides is 1.